The quantitative estimate of drug-likeness (QED) is 0.604. The number of aryl methyl sites for hydroxylation is 2. The normalized spacial score (nSPS) is 11.2. The third-order valence-corrected chi connectivity index (χ3v) is 3.97. The number of aromatic amines is 1. The van der Waals surface area contributed by atoms with Crippen molar-refractivity contribution in [3.63, 3.8) is 0 Å². The molecule has 19 heavy (non-hydrogen) atoms. The molecule has 0 unspecified atom stereocenters. The fourth-order valence-electron chi connectivity index (χ4n) is 2.26. The van der Waals surface area contributed by atoms with Crippen LogP contribution in [0.15, 0.2) is 39.3 Å². The standard InChI is InChI=1S/C15H12Br2N2/c1-8-3-10(6-11(16)4-8)15-18-13-7-12(17)5-9(2)14(13)19-15/h3-7H,1-2H3,(H,18,19). The summed E-state index contributed by atoms with van der Waals surface area (Å²) in [6.07, 6.45) is 0. The lowest BCUT2D eigenvalue weighted by molar-refractivity contribution is 1.31. The Hall–Kier alpha value is -1.13. The summed E-state index contributed by atoms with van der Waals surface area (Å²) in [5.41, 5.74) is 5.55. The average molecular weight is 380 g/mol. The minimum absolute atomic E-state index is 0.903. The van der Waals surface area contributed by atoms with Crippen molar-refractivity contribution in [2.24, 2.45) is 0 Å². The summed E-state index contributed by atoms with van der Waals surface area (Å²) >= 11 is 7.05. The molecule has 2 nitrogen and oxygen atoms in total. The predicted molar refractivity (Wildman–Crippen MR) is 86.4 cm³/mol. The molecule has 0 saturated heterocycles. The molecule has 3 rings (SSSR count). The molecule has 0 aliphatic carbocycles. The maximum absolute atomic E-state index is 4.71. The molecular weight excluding hydrogens is 368 g/mol. The molecule has 1 aromatic heterocycles. The Morgan fingerprint density at radius 1 is 0.947 bits per heavy atom. The molecule has 96 valence electrons. The molecule has 0 aliphatic rings. The molecule has 1 heterocycles. The van der Waals surface area contributed by atoms with Crippen molar-refractivity contribution in [3.8, 4) is 11.4 Å². The average Bonchev–Trinajstić information content (AvgIpc) is 2.71. The molecule has 0 saturated carbocycles. The summed E-state index contributed by atoms with van der Waals surface area (Å²) in [5, 5.41) is 0. The maximum Gasteiger partial charge on any atom is 0.138 e. The van der Waals surface area contributed by atoms with Crippen molar-refractivity contribution in [1.82, 2.24) is 9.97 Å². The molecule has 0 bridgehead atoms. The van der Waals surface area contributed by atoms with E-state index in [1.807, 2.05) is 0 Å². The first-order valence-electron chi connectivity index (χ1n) is 5.96. The number of imidazole rings is 1. The van der Waals surface area contributed by atoms with Crippen LogP contribution in [0.5, 0.6) is 0 Å². The Morgan fingerprint density at radius 2 is 1.68 bits per heavy atom. The van der Waals surface area contributed by atoms with Gasteiger partial charge in [0.25, 0.3) is 0 Å². The van der Waals surface area contributed by atoms with Crippen molar-refractivity contribution in [1.29, 1.82) is 0 Å². The van der Waals surface area contributed by atoms with E-state index in [2.05, 4.69) is 81.0 Å². The zero-order valence-electron chi connectivity index (χ0n) is 10.6. The lowest BCUT2D eigenvalue weighted by atomic mass is 10.1. The van der Waals surface area contributed by atoms with E-state index >= 15 is 0 Å². The lowest BCUT2D eigenvalue weighted by Gasteiger charge is -2.00. The number of H-pyrrole nitrogens is 1. The Bertz CT molecular complexity index is 755. The van der Waals surface area contributed by atoms with Gasteiger partial charge in [-0.2, -0.15) is 0 Å². The summed E-state index contributed by atoms with van der Waals surface area (Å²) < 4.78 is 2.14. The number of halogens is 2. The third-order valence-electron chi connectivity index (χ3n) is 3.06. The fourth-order valence-corrected chi connectivity index (χ4v) is 3.44. The van der Waals surface area contributed by atoms with Gasteiger partial charge >= 0.3 is 0 Å². The largest absolute Gasteiger partial charge is 0.338 e. The van der Waals surface area contributed by atoms with Gasteiger partial charge in [0, 0.05) is 14.5 Å². The number of rotatable bonds is 1. The van der Waals surface area contributed by atoms with Crippen LogP contribution >= 0.6 is 31.9 Å². The second kappa shape index (κ2) is 4.76. The van der Waals surface area contributed by atoms with Crippen molar-refractivity contribution in [2.45, 2.75) is 13.8 Å². The van der Waals surface area contributed by atoms with Gasteiger partial charge in [-0.3, -0.25) is 0 Å². The predicted octanol–water partition coefficient (Wildman–Crippen LogP) is 5.37. The van der Waals surface area contributed by atoms with Crippen LogP contribution in [0.25, 0.3) is 22.4 Å². The van der Waals surface area contributed by atoms with Crippen molar-refractivity contribution in [2.75, 3.05) is 0 Å². The summed E-state index contributed by atoms with van der Waals surface area (Å²) in [7, 11) is 0. The second-order valence-corrected chi connectivity index (χ2v) is 6.55. The van der Waals surface area contributed by atoms with Crippen molar-refractivity contribution in [3.05, 3.63) is 50.4 Å². The number of hydrogen-bond donors (Lipinski definition) is 1. The minimum atomic E-state index is 0.903. The number of nitrogens with one attached hydrogen (secondary N) is 1. The van der Waals surface area contributed by atoms with Gasteiger partial charge in [-0.05, 0) is 55.3 Å². The van der Waals surface area contributed by atoms with Crippen LogP contribution < -0.4 is 0 Å². The molecular formula is C15H12Br2N2. The molecule has 2 aromatic carbocycles. The van der Waals surface area contributed by atoms with E-state index in [1.165, 1.54) is 11.1 Å². The van der Waals surface area contributed by atoms with Gasteiger partial charge in [-0.15, -0.1) is 0 Å². The van der Waals surface area contributed by atoms with Crippen molar-refractivity contribution >= 4 is 42.9 Å². The molecule has 0 aliphatic heterocycles. The van der Waals surface area contributed by atoms with Gasteiger partial charge in [0.2, 0.25) is 0 Å². The van der Waals surface area contributed by atoms with Gasteiger partial charge in [0.1, 0.15) is 5.82 Å². The van der Waals surface area contributed by atoms with Crippen LogP contribution in [0.1, 0.15) is 11.1 Å². The second-order valence-electron chi connectivity index (χ2n) is 4.72. The zero-order valence-corrected chi connectivity index (χ0v) is 13.8. The Labute approximate surface area is 128 Å². The highest BCUT2D eigenvalue weighted by Crippen LogP contribution is 2.28. The van der Waals surface area contributed by atoms with Gasteiger partial charge in [0.15, 0.2) is 0 Å². The third kappa shape index (κ3) is 2.47. The van der Waals surface area contributed by atoms with Crippen LogP contribution in [0.3, 0.4) is 0 Å². The van der Waals surface area contributed by atoms with Gasteiger partial charge in [-0.25, -0.2) is 4.98 Å². The smallest absolute Gasteiger partial charge is 0.138 e. The van der Waals surface area contributed by atoms with Gasteiger partial charge in [0.05, 0.1) is 11.0 Å². The summed E-state index contributed by atoms with van der Waals surface area (Å²) in [4.78, 5) is 8.09. The number of benzene rings is 2. The van der Waals surface area contributed by atoms with Crippen LogP contribution in [-0.4, -0.2) is 9.97 Å². The monoisotopic (exact) mass is 378 g/mol. The molecule has 1 N–H and O–H groups in total. The van der Waals surface area contributed by atoms with E-state index in [0.717, 1.165) is 31.4 Å². The summed E-state index contributed by atoms with van der Waals surface area (Å²) in [6.45, 7) is 4.16. The Kier molecular flexibility index (Phi) is 3.23. The number of nitrogens with zero attached hydrogens (tertiary/aromatic N) is 1. The lowest BCUT2D eigenvalue weighted by Crippen LogP contribution is -1.82. The first-order chi connectivity index (χ1) is 9.02. The number of aromatic nitrogens is 2. The molecule has 0 atom stereocenters. The SMILES string of the molecule is Cc1cc(Br)cc(-c2nc3c(C)cc(Br)cc3[nH]2)c1. The van der Waals surface area contributed by atoms with Crippen LogP contribution in [0.2, 0.25) is 0 Å². The summed E-state index contributed by atoms with van der Waals surface area (Å²) in [6, 6.07) is 10.4. The highest BCUT2D eigenvalue weighted by atomic mass is 79.9. The molecule has 0 spiro atoms. The Morgan fingerprint density at radius 3 is 2.42 bits per heavy atom. The highest BCUT2D eigenvalue weighted by Gasteiger charge is 2.09. The van der Waals surface area contributed by atoms with E-state index in [0.29, 0.717) is 0 Å². The minimum Gasteiger partial charge on any atom is -0.338 e. The zero-order chi connectivity index (χ0) is 13.6. The highest BCUT2D eigenvalue weighted by molar-refractivity contribution is 9.10. The van der Waals surface area contributed by atoms with E-state index in [-0.39, 0.29) is 0 Å². The number of fused-ring (bicyclic) bond motifs is 1. The van der Waals surface area contributed by atoms with Crippen LogP contribution in [0, 0.1) is 13.8 Å². The van der Waals surface area contributed by atoms with E-state index in [1.54, 1.807) is 0 Å². The molecule has 0 fully saturated rings. The van der Waals surface area contributed by atoms with Gasteiger partial charge in [-0.1, -0.05) is 31.9 Å². The van der Waals surface area contributed by atoms with E-state index < -0.39 is 0 Å². The molecule has 4 heteroatoms. The molecule has 3 aromatic rings. The Balaban J connectivity index is 2.23. The summed E-state index contributed by atoms with van der Waals surface area (Å²) in [5.74, 6) is 0.903. The maximum atomic E-state index is 4.71. The topological polar surface area (TPSA) is 28.7 Å². The van der Waals surface area contributed by atoms with Crippen molar-refractivity contribution < 1.29 is 0 Å². The van der Waals surface area contributed by atoms with Crippen LogP contribution in [0.4, 0.5) is 0 Å². The first-order valence-corrected chi connectivity index (χ1v) is 7.55. The molecule has 0 radical (unpaired) electrons. The molecule has 0 amide bonds. The number of hydrogen-bond acceptors (Lipinski definition) is 1. The van der Waals surface area contributed by atoms with E-state index in [9.17, 15) is 0 Å². The van der Waals surface area contributed by atoms with Crippen LogP contribution in [-0.2, 0) is 0 Å². The first kappa shape index (κ1) is 12.9. The van der Waals surface area contributed by atoms with Gasteiger partial charge < -0.3 is 4.98 Å². The fraction of sp³-hybridized carbons (Fsp3) is 0.133. The van der Waals surface area contributed by atoms with E-state index in [4.69, 9.17) is 4.98 Å².